The molecular formula is C22H25N3O. The first-order chi connectivity index (χ1) is 12.9. The first-order valence-corrected chi connectivity index (χ1v) is 9.54. The minimum atomic E-state index is 0.607. The molecule has 1 aromatic heterocycles. The van der Waals surface area contributed by atoms with Crippen molar-refractivity contribution in [3.8, 4) is 11.5 Å². The monoisotopic (exact) mass is 347 g/mol. The summed E-state index contributed by atoms with van der Waals surface area (Å²) in [6.45, 7) is 1.76. The minimum Gasteiger partial charge on any atom is -0.419 e. The van der Waals surface area contributed by atoms with Gasteiger partial charge in [0.2, 0.25) is 11.8 Å². The van der Waals surface area contributed by atoms with Gasteiger partial charge in [-0.25, -0.2) is 0 Å². The quantitative estimate of drug-likeness (QED) is 0.620. The Labute approximate surface area is 154 Å². The van der Waals surface area contributed by atoms with Crippen LogP contribution in [0.2, 0.25) is 0 Å². The molecule has 0 radical (unpaired) electrons. The van der Waals surface area contributed by atoms with Gasteiger partial charge in [-0.1, -0.05) is 61.4 Å². The third kappa shape index (κ3) is 4.20. The van der Waals surface area contributed by atoms with Crippen LogP contribution in [-0.4, -0.2) is 27.7 Å². The van der Waals surface area contributed by atoms with Gasteiger partial charge in [0.05, 0.1) is 6.54 Å². The molecule has 2 aromatic carbocycles. The molecule has 0 bridgehead atoms. The summed E-state index contributed by atoms with van der Waals surface area (Å²) >= 11 is 0. The van der Waals surface area contributed by atoms with Gasteiger partial charge >= 0.3 is 0 Å². The maximum atomic E-state index is 5.95. The molecule has 4 rings (SSSR count). The van der Waals surface area contributed by atoms with Crippen LogP contribution in [0.3, 0.4) is 0 Å². The van der Waals surface area contributed by atoms with Gasteiger partial charge in [0.25, 0.3) is 0 Å². The van der Waals surface area contributed by atoms with Gasteiger partial charge < -0.3 is 4.42 Å². The van der Waals surface area contributed by atoms with Gasteiger partial charge in [0.1, 0.15) is 0 Å². The molecule has 1 fully saturated rings. The van der Waals surface area contributed by atoms with Crippen molar-refractivity contribution in [3.63, 3.8) is 0 Å². The van der Waals surface area contributed by atoms with Crippen LogP contribution < -0.4 is 0 Å². The molecule has 1 aliphatic rings. The predicted molar refractivity (Wildman–Crippen MR) is 103 cm³/mol. The second-order valence-electron chi connectivity index (χ2n) is 7.01. The average Bonchev–Trinajstić information content (AvgIpc) is 3.39. The Morgan fingerprint density at radius 2 is 1.58 bits per heavy atom. The molecule has 0 N–H and O–H groups in total. The number of aromatic nitrogens is 2. The lowest BCUT2D eigenvalue weighted by Gasteiger charge is -2.27. The number of hydrogen-bond donors (Lipinski definition) is 0. The molecule has 0 aliphatic heterocycles. The first-order valence-electron chi connectivity index (χ1n) is 9.54. The van der Waals surface area contributed by atoms with Crippen molar-refractivity contribution < 1.29 is 4.42 Å². The van der Waals surface area contributed by atoms with Crippen molar-refractivity contribution in [3.05, 3.63) is 72.1 Å². The van der Waals surface area contributed by atoms with Gasteiger partial charge in [-0.15, -0.1) is 10.2 Å². The van der Waals surface area contributed by atoms with E-state index in [9.17, 15) is 0 Å². The van der Waals surface area contributed by atoms with Crippen molar-refractivity contribution in [1.82, 2.24) is 15.1 Å². The van der Waals surface area contributed by atoms with Crippen LogP contribution in [0.25, 0.3) is 11.5 Å². The molecule has 134 valence electrons. The lowest BCUT2D eigenvalue weighted by atomic mass is 10.1. The molecule has 0 saturated heterocycles. The van der Waals surface area contributed by atoms with E-state index in [-0.39, 0.29) is 0 Å². The molecule has 0 amide bonds. The van der Waals surface area contributed by atoms with Gasteiger partial charge in [0.15, 0.2) is 0 Å². The first kappa shape index (κ1) is 17.0. The fraction of sp³-hybridized carbons (Fsp3) is 0.364. The van der Waals surface area contributed by atoms with Crippen molar-refractivity contribution in [2.75, 3.05) is 6.54 Å². The fourth-order valence-corrected chi connectivity index (χ4v) is 3.77. The van der Waals surface area contributed by atoms with Crippen molar-refractivity contribution in [1.29, 1.82) is 0 Å². The Morgan fingerprint density at radius 1 is 0.885 bits per heavy atom. The minimum absolute atomic E-state index is 0.607. The number of nitrogens with zero attached hydrogens (tertiary/aromatic N) is 3. The van der Waals surface area contributed by atoms with Gasteiger partial charge in [0, 0.05) is 18.2 Å². The van der Waals surface area contributed by atoms with Gasteiger partial charge in [-0.3, -0.25) is 4.90 Å². The van der Waals surface area contributed by atoms with E-state index in [1.807, 2.05) is 30.3 Å². The van der Waals surface area contributed by atoms with E-state index >= 15 is 0 Å². The normalized spacial score (nSPS) is 15.0. The smallest absolute Gasteiger partial charge is 0.247 e. The summed E-state index contributed by atoms with van der Waals surface area (Å²) in [7, 11) is 0. The second kappa shape index (κ2) is 8.28. The SMILES string of the molecule is c1ccc(CCN(Cc2nnc(-c3ccccc3)o2)C2CCCC2)cc1. The molecule has 1 heterocycles. The molecule has 0 atom stereocenters. The van der Waals surface area contributed by atoms with E-state index in [0.29, 0.717) is 17.8 Å². The molecule has 4 heteroatoms. The molecule has 0 unspecified atom stereocenters. The zero-order valence-corrected chi connectivity index (χ0v) is 15.1. The van der Waals surface area contributed by atoms with Gasteiger partial charge in [-0.05, 0) is 37.0 Å². The molecule has 3 aromatic rings. The Kier molecular flexibility index (Phi) is 5.41. The van der Waals surface area contributed by atoms with Crippen LogP contribution in [-0.2, 0) is 13.0 Å². The fourth-order valence-electron chi connectivity index (χ4n) is 3.77. The van der Waals surface area contributed by atoms with Gasteiger partial charge in [-0.2, -0.15) is 0 Å². The third-order valence-corrected chi connectivity index (χ3v) is 5.20. The Bertz CT molecular complexity index is 795. The standard InChI is InChI=1S/C22H25N3O/c1-3-9-18(10-4-1)15-16-25(20-13-7-8-14-20)17-21-23-24-22(26-21)19-11-5-2-6-12-19/h1-6,9-12,20H,7-8,13-17H2. The van der Waals surface area contributed by atoms with E-state index in [4.69, 9.17) is 4.42 Å². The molecular weight excluding hydrogens is 322 g/mol. The highest BCUT2D eigenvalue weighted by molar-refractivity contribution is 5.51. The van der Waals surface area contributed by atoms with Crippen LogP contribution in [0.5, 0.6) is 0 Å². The summed E-state index contributed by atoms with van der Waals surface area (Å²) in [4.78, 5) is 2.53. The molecule has 26 heavy (non-hydrogen) atoms. The maximum absolute atomic E-state index is 5.95. The molecule has 1 saturated carbocycles. The number of rotatable bonds is 7. The van der Waals surface area contributed by atoms with Crippen LogP contribution >= 0.6 is 0 Å². The van der Waals surface area contributed by atoms with Crippen molar-refractivity contribution in [2.24, 2.45) is 0 Å². The van der Waals surface area contributed by atoms with E-state index < -0.39 is 0 Å². The van der Waals surface area contributed by atoms with E-state index in [0.717, 1.165) is 25.1 Å². The Balaban J connectivity index is 1.45. The van der Waals surface area contributed by atoms with E-state index in [1.54, 1.807) is 0 Å². The Hall–Kier alpha value is -2.46. The summed E-state index contributed by atoms with van der Waals surface area (Å²) in [5, 5.41) is 8.54. The molecule has 0 spiro atoms. The summed E-state index contributed by atoms with van der Waals surface area (Å²) in [5.74, 6) is 1.32. The second-order valence-corrected chi connectivity index (χ2v) is 7.01. The predicted octanol–water partition coefficient (Wildman–Crippen LogP) is 4.72. The summed E-state index contributed by atoms with van der Waals surface area (Å²) in [6.07, 6.45) is 6.25. The Morgan fingerprint density at radius 3 is 2.31 bits per heavy atom. The van der Waals surface area contributed by atoms with Crippen LogP contribution in [0, 0.1) is 0 Å². The van der Waals surface area contributed by atoms with Crippen molar-refractivity contribution in [2.45, 2.75) is 44.7 Å². The highest BCUT2D eigenvalue weighted by Crippen LogP contribution is 2.26. The summed E-state index contributed by atoms with van der Waals surface area (Å²) in [6, 6.07) is 21.3. The summed E-state index contributed by atoms with van der Waals surface area (Å²) < 4.78 is 5.95. The third-order valence-electron chi connectivity index (χ3n) is 5.20. The zero-order valence-electron chi connectivity index (χ0n) is 15.1. The van der Waals surface area contributed by atoms with Crippen LogP contribution in [0.1, 0.15) is 37.1 Å². The zero-order chi connectivity index (χ0) is 17.6. The highest BCUT2D eigenvalue weighted by atomic mass is 16.4. The van der Waals surface area contributed by atoms with E-state index in [1.165, 1.54) is 31.2 Å². The molecule has 4 nitrogen and oxygen atoms in total. The number of hydrogen-bond acceptors (Lipinski definition) is 4. The van der Waals surface area contributed by atoms with Crippen molar-refractivity contribution >= 4 is 0 Å². The van der Waals surface area contributed by atoms with E-state index in [2.05, 4.69) is 45.4 Å². The largest absolute Gasteiger partial charge is 0.419 e. The number of benzene rings is 2. The lowest BCUT2D eigenvalue weighted by Crippen LogP contribution is -2.34. The molecule has 1 aliphatic carbocycles. The highest BCUT2D eigenvalue weighted by Gasteiger charge is 2.24. The lowest BCUT2D eigenvalue weighted by molar-refractivity contribution is 0.175. The topological polar surface area (TPSA) is 42.2 Å². The maximum Gasteiger partial charge on any atom is 0.247 e. The summed E-state index contributed by atoms with van der Waals surface area (Å²) in [5.41, 5.74) is 2.36. The van der Waals surface area contributed by atoms with Crippen LogP contribution in [0.4, 0.5) is 0 Å². The average molecular weight is 347 g/mol. The van der Waals surface area contributed by atoms with Crippen LogP contribution in [0.15, 0.2) is 65.1 Å².